The van der Waals surface area contributed by atoms with Crippen LogP contribution in [0.1, 0.15) is 20.7 Å². The molecular weight excluding hydrogens is 306 g/mol. The molecule has 0 spiro atoms. The Labute approximate surface area is 130 Å². The molecular formula is C14H13N3O6. The molecule has 3 N–H and O–H groups in total. The molecule has 0 aromatic heterocycles. The van der Waals surface area contributed by atoms with E-state index in [0.717, 1.165) is 0 Å². The Morgan fingerprint density at radius 2 is 1.74 bits per heavy atom. The summed E-state index contributed by atoms with van der Waals surface area (Å²) in [6.45, 7) is -1.31. The zero-order valence-electron chi connectivity index (χ0n) is 11.9. The zero-order chi connectivity index (χ0) is 17.2. The molecule has 1 aromatic carbocycles. The predicted molar refractivity (Wildman–Crippen MR) is 75.3 cm³/mol. The number of nitriles is 1. The lowest BCUT2D eigenvalue weighted by molar-refractivity contribution is -0.142. The quantitative estimate of drug-likeness (QED) is 0.563. The highest BCUT2D eigenvalue weighted by Crippen LogP contribution is 2.08. The highest BCUT2D eigenvalue weighted by Gasteiger charge is 2.16. The van der Waals surface area contributed by atoms with E-state index in [4.69, 9.17) is 10.4 Å². The second kappa shape index (κ2) is 8.78. The molecule has 23 heavy (non-hydrogen) atoms. The summed E-state index contributed by atoms with van der Waals surface area (Å²) in [5.74, 6) is -3.45. The maximum atomic E-state index is 11.9. The van der Waals surface area contributed by atoms with E-state index in [-0.39, 0.29) is 11.1 Å². The average Bonchev–Trinajstić information content (AvgIpc) is 2.55. The minimum absolute atomic E-state index is 0.0822. The van der Waals surface area contributed by atoms with Crippen molar-refractivity contribution >= 4 is 23.8 Å². The van der Waals surface area contributed by atoms with Gasteiger partial charge in [-0.2, -0.15) is 5.26 Å². The third-order valence-electron chi connectivity index (χ3n) is 2.54. The van der Waals surface area contributed by atoms with Gasteiger partial charge >= 0.3 is 11.9 Å². The Balaban J connectivity index is 2.48. The highest BCUT2D eigenvalue weighted by atomic mass is 16.5. The first-order valence-corrected chi connectivity index (χ1v) is 6.35. The van der Waals surface area contributed by atoms with Crippen molar-refractivity contribution in [1.82, 2.24) is 10.6 Å². The molecule has 0 fully saturated rings. The van der Waals surface area contributed by atoms with E-state index in [0.29, 0.717) is 0 Å². The summed E-state index contributed by atoms with van der Waals surface area (Å²) in [6, 6.07) is 7.14. The molecule has 0 saturated heterocycles. The summed E-state index contributed by atoms with van der Waals surface area (Å²) in [5.41, 5.74) is -0.272. The molecule has 0 saturated carbocycles. The predicted octanol–water partition coefficient (Wildman–Crippen LogP) is -0.702. The molecule has 0 atom stereocenters. The number of carbonyl (C=O) groups is 4. The minimum Gasteiger partial charge on any atom is -0.478 e. The number of carboxylic acid groups (broad SMARTS) is 1. The number of nitrogens with zero attached hydrogens (tertiary/aromatic N) is 1. The molecule has 0 radical (unpaired) electrons. The molecule has 0 aliphatic heterocycles. The first-order chi connectivity index (χ1) is 11.0. The average molecular weight is 319 g/mol. The first-order valence-electron chi connectivity index (χ1n) is 6.35. The molecule has 0 unspecified atom stereocenters. The van der Waals surface area contributed by atoms with Crippen LogP contribution in [0.2, 0.25) is 0 Å². The van der Waals surface area contributed by atoms with Crippen LogP contribution < -0.4 is 10.6 Å². The number of amides is 2. The van der Waals surface area contributed by atoms with Crippen molar-refractivity contribution < 1.29 is 29.0 Å². The Morgan fingerprint density at radius 3 is 2.35 bits per heavy atom. The number of benzene rings is 1. The molecule has 9 heteroatoms. The second-order valence-corrected chi connectivity index (χ2v) is 4.13. The second-order valence-electron chi connectivity index (χ2n) is 4.13. The van der Waals surface area contributed by atoms with Gasteiger partial charge in [-0.15, -0.1) is 0 Å². The van der Waals surface area contributed by atoms with Crippen molar-refractivity contribution in [1.29, 1.82) is 5.26 Å². The van der Waals surface area contributed by atoms with Crippen molar-refractivity contribution in [2.45, 2.75) is 0 Å². The Hall–Kier alpha value is -3.41. The Bertz CT molecular complexity index is 665. The topological polar surface area (TPSA) is 146 Å². The molecule has 0 heterocycles. The molecule has 120 valence electrons. The van der Waals surface area contributed by atoms with Crippen molar-refractivity contribution in [3.8, 4) is 6.07 Å². The van der Waals surface area contributed by atoms with Gasteiger partial charge in [-0.3, -0.25) is 14.4 Å². The third kappa shape index (κ3) is 5.84. The van der Waals surface area contributed by atoms with Crippen LogP contribution in [0.3, 0.4) is 0 Å². The minimum atomic E-state index is -1.26. The number of esters is 1. The van der Waals surface area contributed by atoms with Crippen LogP contribution in [0.4, 0.5) is 0 Å². The summed E-state index contributed by atoms with van der Waals surface area (Å²) in [4.78, 5) is 45.4. The van der Waals surface area contributed by atoms with E-state index < -0.39 is 43.4 Å². The highest BCUT2D eigenvalue weighted by molar-refractivity contribution is 6.05. The normalized spacial score (nSPS) is 9.35. The van der Waals surface area contributed by atoms with Crippen LogP contribution in [0, 0.1) is 11.3 Å². The monoisotopic (exact) mass is 319 g/mol. The van der Waals surface area contributed by atoms with E-state index >= 15 is 0 Å². The van der Waals surface area contributed by atoms with Crippen LogP contribution in [-0.4, -0.2) is 48.6 Å². The van der Waals surface area contributed by atoms with E-state index in [1.807, 2.05) is 0 Å². The summed E-state index contributed by atoms with van der Waals surface area (Å²) >= 11 is 0. The molecule has 0 aliphatic carbocycles. The smallest absolute Gasteiger partial charge is 0.336 e. The van der Waals surface area contributed by atoms with Gasteiger partial charge in [0.25, 0.3) is 5.91 Å². The fourth-order valence-electron chi connectivity index (χ4n) is 1.52. The maximum Gasteiger partial charge on any atom is 0.336 e. The molecule has 1 aromatic rings. The molecule has 2 amide bonds. The van der Waals surface area contributed by atoms with Crippen LogP contribution in [0.25, 0.3) is 0 Å². The van der Waals surface area contributed by atoms with Crippen LogP contribution >= 0.6 is 0 Å². The Kier molecular flexibility index (Phi) is 6.74. The van der Waals surface area contributed by atoms with Gasteiger partial charge in [0, 0.05) is 0 Å². The number of carbonyl (C=O) groups excluding carboxylic acids is 3. The largest absolute Gasteiger partial charge is 0.478 e. The first kappa shape index (κ1) is 17.6. The SMILES string of the molecule is N#CCOC(=O)CNC(=O)CNC(=O)c1ccccc1C(=O)O. The summed E-state index contributed by atoms with van der Waals surface area (Å²) < 4.78 is 4.41. The number of nitrogens with one attached hydrogen (secondary N) is 2. The zero-order valence-corrected chi connectivity index (χ0v) is 11.9. The van der Waals surface area contributed by atoms with Crippen molar-refractivity contribution in [3.05, 3.63) is 35.4 Å². The number of carboxylic acids is 1. The lowest BCUT2D eigenvalue weighted by Crippen LogP contribution is -2.39. The summed E-state index contributed by atoms with van der Waals surface area (Å²) in [7, 11) is 0. The van der Waals surface area contributed by atoms with E-state index in [2.05, 4.69) is 15.4 Å². The lowest BCUT2D eigenvalue weighted by Gasteiger charge is -2.08. The number of aromatic carboxylic acids is 1. The van der Waals surface area contributed by atoms with Gasteiger partial charge in [0.2, 0.25) is 5.91 Å². The van der Waals surface area contributed by atoms with Crippen LogP contribution in [-0.2, 0) is 14.3 Å². The number of hydrogen-bond acceptors (Lipinski definition) is 6. The third-order valence-corrected chi connectivity index (χ3v) is 2.54. The molecule has 0 aliphatic rings. The number of hydrogen-bond donors (Lipinski definition) is 3. The molecule has 1 rings (SSSR count). The fourth-order valence-corrected chi connectivity index (χ4v) is 1.52. The van der Waals surface area contributed by atoms with Gasteiger partial charge in [0.05, 0.1) is 17.7 Å². The van der Waals surface area contributed by atoms with Gasteiger partial charge in [0.15, 0.2) is 6.61 Å². The van der Waals surface area contributed by atoms with Gasteiger partial charge in [-0.1, -0.05) is 12.1 Å². The van der Waals surface area contributed by atoms with Gasteiger partial charge < -0.3 is 20.5 Å². The fraction of sp³-hybridized carbons (Fsp3) is 0.214. The number of ether oxygens (including phenoxy) is 1. The van der Waals surface area contributed by atoms with Gasteiger partial charge in [0.1, 0.15) is 12.6 Å². The maximum absolute atomic E-state index is 11.9. The van der Waals surface area contributed by atoms with Gasteiger partial charge in [-0.05, 0) is 12.1 Å². The van der Waals surface area contributed by atoms with Gasteiger partial charge in [-0.25, -0.2) is 4.79 Å². The summed E-state index contributed by atoms with van der Waals surface area (Å²) in [6.07, 6.45) is 0. The standard InChI is InChI=1S/C14H13N3O6/c15-5-6-23-12(19)8-16-11(18)7-17-13(20)9-3-1-2-4-10(9)14(21)22/h1-4H,6-8H2,(H,16,18)(H,17,20)(H,21,22). The lowest BCUT2D eigenvalue weighted by atomic mass is 10.1. The van der Waals surface area contributed by atoms with Crippen molar-refractivity contribution in [2.24, 2.45) is 0 Å². The summed E-state index contributed by atoms with van der Waals surface area (Å²) in [5, 5.41) is 21.6. The van der Waals surface area contributed by atoms with Crippen molar-refractivity contribution in [3.63, 3.8) is 0 Å². The molecule has 0 bridgehead atoms. The molecule has 9 nitrogen and oxygen atoms in total. The van der Waals surface area contributed by atoms with Crippen LogP contribution in [0.5, 0.6) is 0 Å². The number of rotatable bonds is 7. The van der Waals surface area contributed by atoms with E-state index in [9.17, 15) is 19.2 Å². The Morgan fingerprint density at radius 1 is 1.09 bits per heavy atom. The van der Waals surface area contributed by atoms with E-state index in [1.54, 1.807) is 6.07 Å². The van der Waals surface area contributed by atoms with Crippen LogP contribution in [0.15, 0.2) is 24.3 Å². The van der Waals surface area contributed by atoms with E-state index in [1.165, 1.54) is 24.3 Å². The van der Waals surface area contributed by atoms with Crippen molar-refractivity contribution in [2.75, 3.05) is 19.7 Å².